The maximum Gasteiger partial charge on any atom is 0.233 e. The molecule has 124 valence electrons. The fourth-order valence-electron chi connectivity index (χ4n) is 5.42. The van der Waals surface area contributed by atoms with Crippen LogP contribution in [0.4, 0.5) is 0 Å². The van der Waals surface area contributed by atoms with E-state index in [9.17, 15) is 9.90 Å². The first-order chi connectivity index (χ1) is 10.8. The number of rotatable bonds is 3. The number of hydrogen-bond donors (Lipinski definition) is 1. The second-order valence-electron chi connectivity index (χ2n) is 8.87. The van der Waals surface area contributed by atoms with Crippen molar-refractivity contribution in [2.24, 2.45) is 16.7 Å². The molecule has 4 rings (SSSR count). The van der Waals surface area contributed by atoms with Crippen LogP contribution in [0.15, 0.2) is 24.3 Å². The Bertz CT molecular complexity index is 644. The number of fused-ring (bicyclic) bond motifs is 1. The molecule has 3 aliphatic rings. The molecule has 0 unspecified atom stereocenters. The topological polar surface area (TPSA) is 40.5 Å². The van der Waals surface area contributed by atoms with Gasteiger partial charge in [-0.2, -0.15) is 0 Å². The van der Waals surface area contributed by atoms with Crippen molar-refractivity contribution in [3.63, 3.8) is 0 Å². The lowest BCUT2D eigenvalue weighted by Crippen LogP contribution is -2.54. The summed E-state index contributed by atoms with van der Waals surface area (Å²) in [6, 6.07) is 8.46. The molecule has 1 heterocycles. The summed E-state index contributed by atoms with van der Waals surface area (Å²) in [6.07, 6.45) is 2.96. The third kappa shape index (κ3) is 2.02. The van der Waals surface area contributed by atoms with Crippen molar-refractivity contribution in [1.29, 1.82) is 0 Å². The average Bonchev–Trinajstić information content (AvgIpc) is 3.25. The molecule has 2 saturated carbocycles. The fourth-order valence-corrected chi connectivity index (χ4v) is 5.42. The zero-order chi connectivity index (χ0) is 16.5. The Morgan fingerprint density at radius 2 is 1.91 bits per heavy atom. The number of nitrogens with zero attached hydrogens (tertiary/aromatic N) is 1. The predicted molar refractivity (Wildman–Crippen MR) is 90.1 cm³/mol. The van der Waals surface area contributed by atoms with Crippen LogP contribution in [-0.2, 0) is 10.2 Å². The second-order valence-corrected chi connectivity index (χ2v) is 8.87. The minimum atomic E-state index is -0.279. The molecule has 2 aliphatic carbocycles. The van der Waals surface area contributed by atoms with Crippen LogP contribution in [0.3, 0.4) is 0 Å². The van der Waals surface area contributed by atoms with Gasteiger partial charge in [-0.1, -0.05) is 43.7 Å². The minimum absolute atomic E-state index is 0.0392. The normalized spacial score (nSPS) is 33.0. The Kier molecular flexibility index (Phi) is 3.04. The van der Waals surface area contributed by atoms with E-state index in [0.717, 1.165) is 32.4 Å². The van der Waals surface area contributed by atoms with Crippen molar-refractivity contribution in [3.05, 3.63) is 35.4 Å². The molecule has 3 fully saturated rings. The van der Waals surface area contributed by atoms with Crippen LogP contribution in [0, 0.1) is 23.7 Å². The summed E-state index contributed by atoms with van der Waals surface area (Å²) >= 11 is 0. The van der Waals surface area contributed by atoms with Crippen molar-refractivity contribution in [3.8, 4) is 0 Å². The number of benzene rings is 1. The molecule has 0 bridgehead atoms. The average molecular weight is 313 g/mol. The minimum Gasteiger partial charge on any atom is -0.396 e. The highest BCUT2D eigenvalue weighted by molar-refractivity contribution is 5.91. The first-order valence-electron chi connectivity index (χ1n) is 8.80. The SMILES string of the molecule is Cc1ccc(C2(C(=O)N3C[C@@H]4C(C)(C)C[C@]4(CO)C3)CC2)cc1. The number of amides is 1. The maximum absolute atomic E-state index is 13.2. The Balaban J connectivity index is 1.58. The van der Waals surface area contributed by atoms with E-state index in [1.165, 1.54) is 11.1 Å². The van der Waals surface area contributed by atoms with Crippen LogP contribution in [-0.4, -0.2) is 35.6 Å². The van der Waals surface area contributed by atoms with Crippen LogP contribution in [0.1, 0.15) is 44.2 Å². The van der Waals surface area contributed by atoms with Gasteiger partial charge in [-0.3, -0.25) is 4.79 Å². The van der Waals surface area contributed by atoms with Crippen LogP contribution in [0.2, 0.25) is 0 Å². The van der Waals surface area contributed by atoms with Gasteiger partial charge < -0.3 is 10.0 Å². The summed E-state index contributed by atoms with van der Waals surface area (Å²) in [6.45, 7) is 8.39. The van der Waals surface area contributed by atoms with Crippen molar-refractivity contribution in [2.45, 2.75) is 45.4 Å². The predicted octanol–water partition coefficient (Wildman–Crippen LogP) is 2.89. The lowest BCUT2D eigenvalue weighted by molar-refractivity contribution is -0.133. The molecule has 1 amide bonds. The number of carbonyl (C=O) groups excluding carboxylic acids is 1. The monoisotopic (exact) mass is 313 g/mol. The van der Waals surface area contributed by atoms with Gasteiger partial charge in [0.25, 0.3) is 0 Å². The third-order valence-electron chi connectivity index (χ3n) is 6.76. The summed E-state index contributed by atoms with van der Waals surface area (Å²) < 4.78 is 0. The summed E-state index contributed by atoms with van der Waals surface area (Å²) in [5.74, 6) is 0.733. The van der Waals surface area contributed by atoms with Crippen LogP contribution >= 0.6 is 0 Å². The quantitative estimate of drug-likeness (QED) is 0.932. The number of aryl methyl sites for hydroxylation is 1. The summed E-state index contributed by atoms with van der Waals surface area (Å²) in [5.41, 5.74) is 2.33. The van der Waals surface area contributed by atoms with E-state index in [4.69, 9.17) is 0 Å². The van der Waals surface area contributed by atoms with Crippen molar-refractivity contribution in [1.82, 2.24) is 4.90 Å². The van der Waals surface area contributed by atoms with Gasteiger partial charge in [0.15, 0.2) is 0 Å². The molecule has 1 saturated heterocycles. The molecule has 1 aromatic carbocycles. The molecule has 0 aromatic heterocycles. The number of carbonyl (C=O) groups is 1. The Morgan fingerprint density at radius 1 is 1.26 bits per heavy atom. The molecule has 3 nitrogen and oxygen atoms in total. The van der Waals surface area contributed by atoms with E-state index >= 15 is 0 Å². The fraction of sp³-hybridized carbons (Fsp3) is 0.650. The maximum atomic E-state index is 13.2. The van der Waals surface area contributed by atoms with E-state index in [-0.39, 0.29) is 22.9 Å². The number of likely N-dealkylation sites (tertiary alicyclic amines) is 1. The molecular formula is C20H27NO2. The van der Waals surface area contributed by atoms with E-state index in [1.54, 1.807) is 0 Å². The molecule has 23 heavy (non-hydrogen) atoms. The Hall–Kier alpha value is -1.35. The van der Waals surface area contributed by atoms with Crippen LogP contribution < -0.4 is 0 Å². The number of aliphatic hydroxyl groups is 1. The molecule has 0 radical (unpaired) electrons. The van der Waals surface area contributed by atoms with Gasteiger partial charge in [-0.15, -0.1) is 0 Å². The van der Waals surface area contributed by atoms with Crippen LogP contribution in [0.25, 0.3) is 0 Å². The zero-order valence-electron chi connectivity index (χ0n) is 14.4. The molecular weight excluding hydrogens is 286 g/mol. The first kappa shape index (κ1) is 15.2. The van der Waals surface area contributed by atoms with Crippen molar-refractivity contribution >= 4 is 5.91 Å². The Morgan fingerprint density at radius 3 is 2.39 bits per heavy atom. The first-order valence-corrected chi connectivity index (χ1v) is 8.80. The van der Waals surface area contributed by atoms with Gasteiger partial charge in [-0.05, 0) is 43.1 Å². The van der Waals surface area contributed by atoms with Crippen molar-refractivity contribution in [2.75, 3.05) is 19.7 Å². The van der Waals surface area contributed by atoms with Gasteiger partial charge in [0.05, 0.1) is 12.0 Å². The van der Waals surface area contributed by atoms with E-state index in [0.29, 0.717) is 11.8 Å². The zero-order valence-corrected chi connectivity index (χ0v) is 14.4. The largest absolute Gasteiger partial charge is 0.396 e. The van der Waals surface area contributed by atoms with Gasteiger partial charge in [0, 0.05) is 18.5 Å². The Labute approximate surface area is 138 Å². The molecule has 3 heteroatoms. The van der Waals surface area contributed by atoms with Gasteiger partial charge in [0.1, 0.15) is 0 Å². The highest BCUT2D eigenvalue weighted by atomic mass is 16.3. The molecule has 1 N–H and O–H groups in total. The molecule has 0 spiro atoms. The van der Waals surface area contributed by atoms with E-state index < -0.39 is 0 Å². The number of hydrogen-bond acceptors (Lipinski definition) is 2. The summed E-state index contributed by atoms with van der Waals surface area (Å²) in [4.78, 5) is 15.3. The molecule has 1 aromatic rings. The second kappa shape index (κ2) is 4.60. The van der Waals surface area contributed by atoms with Crippen LogP contribution in [0.5, 0.6) is 0 Å². The molecule has 1 aliphatic heterocycles. The lowest BCUT2D eigenvalue weighted by Gasteiger charge is -2.55. The van der Waals surface area contributed by atoms with Gasteiger partial charge in [0.2, 0.25) is 5.91 Å². The number of aliphatic hydroxyl groups excluding tert-OH is 1. The van der Waals surface area contributed by atoms with Gasteiger partial charge in [-0.25, -0.2) is 0 Å². The van der Waals surface area contributed by atoms with E-state index in [2.05, 4.69) is 49.9 Å². The summed E-state index contributed by atoms with van der Waals surface area (Å²) in [7, 11) is 0. The standard InChI is InChI=1S/C20H27NO2/c1-14-4-6-15(7-5-14)20(8-9-20)17(23)21-10-16-18(2,3)11-19(16,12-21)13-22/h4-7,16,22H,8-13H2,1-3H3/t16-,19-/m1/s1. The summed E-state index contributed by atoms with van der Waals surface area (Å²) in [5, 5.41) is 9.91. The van der Waals surface area contributed by atoms with E-state index in [1.807, 2.05) is 0 Å². The lowest BCUT2D eigenvalue weighted by atomic mass is 9.48. The molecule has 2 atom stereocenters. The smallest absolute Gasteiger partial charge is 0.233 e. The highest BCUT2D eigenvalue weighted by Gasteiger charge is 2.65. The highest BCUT2D eigenvalue weighted by Crippen LogP contribution is 2.63. The third-order valence-corrected chi connectivity index (χ3v) is 6.76. The van der Waals surface area contributed by atoms with Gasteiger partial charge >= 0.3 is 0 Å². The van der Waals surface area contributed by atoms with Crippen molar-refractivity contribution < 1.29 is 9.90 Å².